The summed E-state index contributed by atoms with van der Waals surface area (Å²) in [7, 11) is 0. The van der Waals surface area contributed by atoms with Gasteiger partial charge in [-0.25, -0.2) is 4.79 Å². The minimum Gasteiger partial charge on any atom is -0.297 e. The van der Waals surface area contributed by atoms with Crippen molar-refractivity contribution in [2.45, 2.75) is 20.8 Å². The summed E-state index contributed by atoms with van der Waals surface area (Å²) in [6.07, 6.45) is 2.38. The molecule has 1 amide bonds. The molecule has 0 spiro atoms. The summed E-state index contributed by atoms with van der Waals surface area (Å²) in [5.74, 6) is -0.0597. The van der Waals surface area contributed by atoms with Crippen molar-refractivity contribution < 1.29 is 14.4 Å². The molecule has 0 aromatic heterocycles. The molecule has 0 atom stereocenters. The summed E-state index contributed by atoms with van der Waals surface area (Å²) in [5, 5.41) is 6.34. The summed E-state index contributed by atoms with van der Waals surface area (Å²) in [6.45, 7) is 5.39. The molecule has 1 aromatic rings. The summed E-state index contributed by atoms with van der Waals surface area (Å²) in [6, 6.07) is 7.32. The van der Waals surface area contributed by atoms with Crippen molar-refractivity contribution in [2.24, 2.45) is 5.16 Å². The zero-order valence-electron chi connectivity index (χ0n) is 12.1. The van der Waals surface area contributed by atoms with E-state index in [-0.39, 0.29) is 5.78 Å². The van der Waals surface area contributed by atoms with Gasteiger partial charge in [0.15, 0.2) is 5.78 Å². The largest absolute Gasteiger partial charge is 0.437 e. The lowest BCUT2D eigenvalue weighted by molar-refractivity contribution is -0.111. The number of nitrogens with zero attached hydrogens (tertiary/aromatic N) is 1. The molecule has 21 heavy (non-hydrogen) atoms. The molecule has 1 aromatic carbocycles. The maximum Gasteiger partial charge on any atom is 0.437 e. The van der Waals surface area contributed by atoms with Crippen LogP contribution in [0.2, 0.25) is 0 Å². The molecule has 0 saturated heterocycles. The first-order valence-electron chi connectivity index (χ1n) is 6.49. The summed E-state index contributed by atoms with van der Waals surface area (Å²) < 4.78 is 0. The molecule has 0 aliphatic heterocycles. The van der Waals surface area contributed by atoms with E-state index >= 15 is 0 Å². The highest BCUT2D eigenvalue weighted by molar-refractivity contribution is 6.21. The Morgan fingerprint density at radius 2 is 1.71 bits per heavy atom. The van der Waals surface area contributed by atoms with Gasteiger partial charge in [0.1, 0.15) is 5.71 Å². The molecule has 0 fully saturated rings. The van der Waals surface area contributed by atoms with Crippen LogP contribution >= 0.6 is 0 Å². The average Bonchev–Trinajstić information content (AvgIpc) is 2.44. The van der Waals surface area contributed by atoms with Gasteiger partial charge in [0.25, 0.3) is 0 Å². The fourth-order valence-corrected chi connectivity index (χ4v) is 1.74. The maximum atomic E-state index is 11.6. The molecule has 0 radical (unpaired) electrons. The van der Waals surface area contributed by atoms with E-state index in [4.69, 9.17) is 4.84 Å². The van der Waals surface area contributed by atoms with Crippen LogP contribution in [-0.4, -0.2) is 17.6 Å². The normalized spacial score (nSPS) is 16.3. The summed E-state index contributed by atoms with van der Waals surface area (Å²) in [4.78, 5) is 27.9. The second-order valence-corrected chi connectivity index (χ2v) is 4.87. The Morgan fingerprint density at radius 3 is 2.38 bits per heavy atom. The molecule has 0 saturated carbocycles. The monoisotopic (exact) mass is 284 g/mol. The second-order valence-electron chi connectivity index (χ2n) is 4.87. The number of anilines is 1. The van der Waals surface area contributed by atoms with Gasteiger partial charge < -0.3 is 0 Å². The van der Waals surface area contributed by atoms with Crippen LogP contribution in [0, 0.1) is 6.92 Å². The minimum absolute atomic E-state index is 0.0597. The predicted molar refractivity (Wildman–Crippen MR) is 81.2 cm³/mol. The first-order chi connectivity index (χ1) is 9.95. The number of hydrogen-bond donors (Lipinski definition) is 1. The van der Waals surface area contributed by atoms with Crippen molar-refractivity contribution in [3.63, 3.8) is 0 Å². The van der Waals surface area contributed by atoms with Gasteiger partial charge in [0.05, 0.1) is 0 Å². The molecule has 0 bridgehead atoms. The van der Waals surface area contributed by atoms with Crippen LogP contribution in [0.3, 0.4) is 0 Å². The number of aryl methyl sites for hydroxylation is 1. The summed E-state index contributed by atoms with van der Waals surface area (Å²) >= 11 is 0. The smallest absolute Gasteiger partial charge is 0.297 e. The number of carbonyl (C=O) groups excluding carboxylic acids is 2. The highest BCUT2D eigenvalue weighted by Crippen LogP contribution is 2.13. The number of amides is 1. The SMILES string of the molecule is CC1=CC(=NOC(=O)Nc2ccc(C)cc2)C(C)=CC1=O. The second kappa shape index (κ2) is 6.17. The molecule has 0 unspecified atom stereocenters. The summed E-state index contributed by atoms with van der Waals surface area (Å²) in [5.41, 5.74) is 3.41. The Balaban J connectivity index is 2.00. The number of rotatable bonds is 2. The Kier molecular flexibility index (Phi) is 4.33. The Labute approximate surface area is 123 Å². The maximum absolute atomic E-state index is 11.6. The topological polar surface area (TPSA) is 67.8 Å². The van der Waals surface area contributed by atoms with Crippen LogP contribution in [0.25, 0.3) is 0 Å². The van der Waals surface area contributed by atoms with Crippen molar-refractivity contribution in [3.05, 3.63) is 53.1 Å². The molecule has 1 aliphatic rings. The van der Waals surface area contributed by atoms with E-state index in [1.165, 1.54) is 6.08 Å². The van der Waals surface area contributed by atoms with Gasteiger partial charge in [-0.2, -0.15) is 0 Å². The van der Waals surface area contributed by atoms with Crippen LogP contribution in [0.5, 0.6) is 0 Å². The minimum atomic E-state index is -0.679. The van der Waals surface area contributed by atoms with Crippen LogP contribution in [0.1, 0.15) is 19.4 Å². The first kappa shape index (κ1) is 14.7. The Bertz CT molecular complexity index is 667. The third-order valence-corrected chi connectivity index (χ3v) is 3.02. The van der Waals surface area contributed by atoms with E-state index in [0.717, 1.165) is 5.56 Å². The predicted octanol–water partition coefficient (Wildman–Crippen LogP) is 3.37. The van der Waals surface area contributed by atoms with Gasteiger partial charge in [-0.05, 0) is 56.2 Å². The molecular formula is C16H16N2O3. The molecule has 2 rings (SSSR count). The van der Waals surface area contributed by atoms with Crippen LogP contribution < -0.4 is 5.32 Å². The van der Waals surface area contributed by atoms with Gasteiger partial charge >= 0.3 is 6.09 Å². The van der Waals surface area contributed by atoms with E-state index in [1.54, 1.807) is 32.1 Å². The van der Waals surface area contributed by atoms with Crippen molar-refractivity contribution in [2.75, 3.05) is 5.32 Å². The van der Waals surface area contributed by atoms with Crippen LogP contribution in [0.15, 0.2) is 52.7 Å². The number of oxime groups is 1. The zero-order valence-corrected chi connectivity index (χ0v) is 12.1. The lowest BCUT2D eigenvalue weighted by Gasteiger charge is -2.09. The number of benzene rings is 1. The Hall–Kier alpha value is -2.69. The number of nitrogens with one attached hydrogen (secondary N) is 1. The quantitative estimate of drug-likeness (QED) is 0.514. The van der Waals surface area contributed by atoms with Crippen molar-refractivity contribution in [1.29, 1.82) is 0 Å². The van der Waals surface area contributed by atoms with Gasteiger partial charge in [-0.3, -0.25) is 14.9 Å². The standard InChI is InChI=1S/C16H16N2O3/c1-10-4-6-13(7-5-10)17-16(20)21-18-14-8-12(3)15(19)9-11(14)2/h4-9H,1-3H3,(H,17,20). The van der Waals surface area contributed by atoms with E-state index in [2.05, 4.69) is 10.5 Å². The molecule has 108 valence electrons. The highest BCUT2D eigenvalue weighted by Gasteiger charge is 2.13. The van der Waals surface area contributed by atoms with Crippen molar-refractivity contribution in [1.82, 2.24) is 0 Å². The van der Waals surface area contributed by atoms with Crippen molar-refractivity contribution >= 4 is 23.3 Å². The third-order valence-electron chi connectivity index (χ3n) is 3.02. The number of allylic oxidation sites excluding steroid dienone is 4. The van der Waals surface area contributed by atoms with Gasteiger partial charge in [0.2, 0.25) is 0 Å². The highest BCUT2D eigenvalue weighted by atomic mass is 16.7. The fourth-order valence-electron chi connectivity index (χ4n) is 1.74. The van der Waals surface area contributed by atoms with Gasteiger partial charge in [0, 0.05) is 5.69 Å². The molecule has 1 N–H and O–H groups in total. The fraction of sp³-hybridized carbons (Fsp3) is 0.188. The Morgan fingerprint density at radius 1 is 1.05 bits per heavy atom. The average molecular weight is 284 g/mol. The van der Waals surface area contributed by atoms with Crippen LogP contribution in [0.4, 0.5) is 10.5 Å². The third kappa shape index (κ3) is 3.89. The van der Waals surface area contributed by atoms with Gasteiger partial charge in [-0.15, -0.1) is 0 Å². The first-order valence-corrected chi connectivity index (χ1v) is 6.49. The van der Waals surface area contributed by atoms with Gasteiger partial charge in [-0.1, -0.05) is 22.9 Å². The van der Waals surface area contributed by atoms with E-state index < -0.39 is 6.09 Å². The van der Waals surface area contributed by atoms with Crippen molar-refractivity contribution in [3.8, 4) is 0 Å². The number of ketones is 1. The lowest BCUT2D eigenvalue weighted by Crippen LogP contribution is -2.14. The van der Waals surface area contributed by atoms with E-state index in [0.29, 0.717) is 22.5 Å². The molecule has 0 heterocycles. The molecule has 5 nitrogen and oxygen atoms in total. The van der Waals surface area contributed by atoms with E-state index in [9.17, 15) is 9.59 Å². The zero-order chi connectivity index (χ0) is 15.4. The molecule has 5 heteroatoms. The number of carbonyl (C=O) groups is 2. The van der Waals surface area contributed by atoms with Crippen LogP contribution in [-0.2, 0) is 9.63 Å². The lowest BCUT2D eigenvalue weighted by atomic mass is 9.99. The molecular weight excluding hydrogens is 268 g/mol. The molecule has 1 aliphatic carbocycles. The van der Waals surface area contributed by atoms with E-state index in [1.807, 2.05) is 19.1 Å². The number of hydrogen-bond acceptors (Lipinski definition) is 4.